The van der Waals surface area contributed by atoms with E-state index in [4.69, 9.17) is 4.42 Å². The highest BCUT2D eigenvalue weighted by Crippen LogP contribution is 2.29. The maximum Gasteiger partial charge on any atom is 0.286 e. The number of rotatable bonds is 4. The normalized spacial score (nSPS) is 19.8. The fourth-order valence-corrected chi connectivity index (χ4v) is 4.03. The number of allylic oxidation sites excluding steroid dienone is 2. The molecular weight excluding hydrogens is 377 g/mol. The average molecular weight is 397 g/mol. The Morgan fingerprint density at radius 3 is 2.64 bits per heavy atom. The number of carbonyl (C=O) groups is 1. The summed E-state index contributed by atoms with van der Waals surface area (Å²) < 4.78 is 18.3. The van der Waals surface area contributed by atoms with E-state index in [1.807, 2.05) is 30.3 Å². The number of carbonyl (C=O) groups excluding carboxylic acids is 1. The SMILES string of the molecule is O=C1N=C(N2CCN(Cc3ccc(F)cc3)CC2)S/C1=C/C=C/c1ccco1. The van der Waals surface area contributed by atoms with Gasteiger partial charge in [-0.05, 0) is 53.7 Å². The number of hydrogen-bond acceptors (Lipinski definition) is 5. The molecule has 0 saturated carbocycles. The molecule has 1 aromatic carbocycles. The molecule has 4 rings (SSSR count). The van der Waals surface area contributed by atoms with Crippen molar-refractivity contribution in [3.63, 3.8) is 0 Å². The number of amides is 1. The number of benzene rings is 1. The van der Waals surface area contributed by atoms with E-state index in [2.05, 4.69) is 14.8 Å². The van der Waals surface area contributed by atoms with Gasteiger partial charge in [0, 0.05) is 32.7 Å². The van der Waals surface area contributed by atoms with Crippen molar-refractivity contribution in [1.82, 2.24) is 9.80 Å². The summed E-state index contributed by atoms with van der Waals surface area (Å²) in [5, 5.41) is 0.768. The van der Waals surface area contributed by atoms with Gasteiger partial charge in [-0.15, -0.1) is 0 Å². The van der Waals surface area contributed by atoms with Crippen molar-refractivity contribution in [1.29, 1.82) is 0 Å². The number of furan rings is 1. The van der Waals surface area contributed by atoms with Gasteiger partial charge >= 0.3 is 0 Å². The van der Waals surface area contributed by atoms with Crippen molar-refractivity contribution in [2.75, 3.05) is 26.2 Å². The highest BCUT2D eigenvalue weighted by molar-refractivity contribution is 8.18. The first kappa shape index (κ1) is 18.7. The van der Waals surface area contributed by atoms with Crippen molar-refractivity contribution < 1.29 is 13.6 Å². The van der Waals surface area contributed by atoms with Gasteiger partial charge in [-0.25, -0.2) is 4.39 Å². The smallest absolute Gasteiger partial charge is 0.286 e. The van der Waals surface area contributed by atoms with Gasteiger partial charge in [0.25, 0.3) is 5.91 Å². The molecule has 1 amide bonds. The molecule has 0 N–H and O–H groups in total. The van der Waals surface area contributed by atoms with Crippen LogP contribution in [0.3, 0.4) is 0 Å². The molecular formula is C21H20FN3O2S. The lowest BCUT2D eigenvalue weighted by molar-refractivity contribution is -0.113. The summed E-state index contributed by atoms with van der Waals surface area (Å²) in [6.45, 7) is 4.19. The first-order valence-electron chi connectivity index (χ1n) is 9.12. The quantitative estimate of drug-likeness (QED) is 0.735. The van der Waals surface area contributed by atoms with E-state index in [-0.39, 0.29) is 11.7 Å². The number of piperazine rings is 1. The average Bonchev–Trinajstić information content (AvgIpc) is 3.35. The van der Waals surface area contributed by atoms with Gasteiger partial charge in [-0.2, -0.15) is 4.99 Å². The summed E-state index contributed by atoms with van der Waals surface area (Å²) >= 11 is 1.41. The Labute approximate surface area is 167 Å². The lowest BCUT2D eigenvalue weighted by Crippen LogP contribution is -2.47. The van der Waals surface area contributed by atoms with E-state index in [9.17, 15) is 9.18 Å². The largest absolute Gasteiger partial charge is 0.465 e. The first-order valence-corrected chi connectivity index (χ1v) is 9.93. The standard InChI is InChI=1S/C21H20FN3O2S/c22-17-8-6-16(7-9-17)15-24-10-12-25(13-11-24)21-23-20(26)19(28-21)5-1-3-18-4-2-14-27-18/h1-9,14H,10-13,15H2/b3-1+,19-5+. The molecule has 0 spiro atoms. The Hall–Kier alpha value is -2.64. The van der Waals surface area contributed by atoms with E-state index in [1.54, 1.807) is 18.4 Å². The number of aliphatic imine (C=N–C) groups is 1. The van der Waals surface area contributed by atoms with Gasteiger partial charge in [0.2, 0.25) is 0 Å². The van der Waals surface area contributed by atoms with E-state index < -0.39 is 0 Å². The van der Waals surface area contributed by atoms with Crippen LogP contribution in [0.25, 0.3) is 6.08 Å². The molecule has 144 valence electrons. The minimum absolute atomic E-state index is 0.196. The van der Waals surface area contributed by atoms with Crippen LogP contribution in [0.15, 0.2) is 69.1 Å². The van der Waals surface area contributed by atoms with Gasteiger partial charge in [0.05, 0.1) is 11.2 Å². The molecule has 1 saturated heterocycles. The molecule has 3 heterocycles. The maximum atomic E-state index is 13.0. The third-order valence-corrected chi connectivity index (χ3v) is 5.69. The van der Waals surface area contributed by atoms with E-state index in [0.29, 0.717) is 4.91 Å². The molecule has 5 nitrogen and oxygen atoms in total. The molecule has 28 heavy (non-hydrogen) atoms. The Morgan fingerprint density at radius 1 is 1.14 bits per heavy atom. The molecule has 2 aromatic rings. The van der Waals surface area contributed by atoms with Crippen LogP contribution in [0.2, 0.25) is 0 Å². The number of halogens is 1. The first-order chi connectivity index (χ1) is 13.7. The van der Waals surface area contributed by atoms with Gasteiger partial charge in [-0.1, -0.05) is 18.2 Å². The van der Waals surface area contributed by atoms with Gasteiger partial charge in [0.1, 0.15) is 11.6 Å². The molecule has 0 unspecified atom stereocenters. The van der Waals surface area contributed by atoms with Gasteiger partial charge in [0.15, 0.2) is 5.17 Å². The molecule has 1 fully saturated rings. The Kier molecular flexibility index (Phi) is 5.73. The van der Waals surface area contributed by atoms with Gasteiger partial charge < -0.3 is 9.32 Å². The summed E-state index contributed by atoms with van der Waals surface area (Å²) in [5.74, 6) is 0.334. The zero-order valence-electron chi connectivity index (χ0n) is 15.3. The molecule has 0 bridgehead atoms. The Balaban J connectivity index is 1.29. The zero-order valence-corrected chi connectivity index (χ0v) is 16.1. The summed E-state index contributed by atoms with van der Waals surface area (Å²) in [4.78, 5) is 21.5. The minimum atomic E-state index is -0.211. The highest BCUT2D eigenvalue weighted by atomic mass is 32.2. The molecule has 2 aliphatic rings. The summed E-state index contributed by atoms with van der Waals surface area (Å²) in [6, 6.07) is 10.3. The zero-order chi connectivity index (χ0) is 19.3. The van der Waals surface area contributed by atoms with E-state index in [1.165, 1.54) is 23.9 Å². The van der Waals surface area contributed by atoms with Crippen LogP contribution >= 0.6 is 11.8 Å². The van der Waals surface area contributed by atoms with Crippen LogP contribution in [0, 0.1) is 5.82 Å². The molecule has 7 heteroatoms. The monoisotopic (exact) mass is 397 g/mol. The fourth-order valence-electron chi connectivity index (χ4n) is 3.11. The van der Waals surface area contributed by atoms with Crippen LogP contribution < -0.4 is 0 Å². The van der Waals surface area contributed by atoms with Crippen molar-refractivity contribution in [3.05, 3.63) is 76.9 Å². The van der Waals surface area contributed by atoms with Crippen molar-refractivity contribution in [3.8, 4) is 0 Å². The van der Waals surface area contributed by atoms with Crippen molar-refractivity contribution in [2.24, 2.45) is 4.99 Å². The minimum Gasteiger partial charge on any atom is -0.465 e. The lowest BCUT2D eigenvalue weighted by Gasteiger charge is -2.35. The second-order valence-electron chi connectivity index (χ2n) is 6.60. The Morgan fingerprint density at radius 2 is 1.93 bits per heavy atom. The van der Waals surface area contributed by atoms with Crippen LogP contribution in [-0.4, -0.2) is 47.1 Å². The van der Waals surface area contributed by atoms with Crippen LogP contribution in [-0.2, 0) is 11.3 Å². The van der Waals surface area contributed by atoms with E-state index in [0.717, 1.165) is 49.2 Å². The predicted molar refractivity (Wildman–Crippen MR) is 109 cm³/mol. The highest BCUT2D eigenvalue weighted by Gasteiger charge is 2.28. The van der Waals surface area contributed by atoms with Crippen LogP contribution in [0.5, 0.6) is 0 Å². The number of nitrogens with zero attached hydrogens (tertiary/aromatic N) is 3. The van der Waals surface area contributed by atoms with Gasteiger partial charge in [-0.3, -0.25) is 9.69 Å². The number of thioether (sulfide) groups is 1. The topological polar surface area (TPSA) is 49.1 Å². The second kappa shape index (κ2) is 8.58. The third-order valence-electron chi connectivity index (χ3n) is 4.62. The summed E-state index contributed by atoms with van der Waals surface area (Å²) in [5.41, 5.74) is 1.10. The Bertz CT molecular complexity index is 912. The van der Waals surface area contributed by atoms with Crippen LogP contribution in [0.1, 0.15) is 11.3 Å². The maximum absolute atomic E-state index is 13.0. The van der Waals surface area contributed by atoms with Crippen molar-refractivity contribution in [2.45, 2.75) is 6.54 Å². The van der Waals surface area contributed by atoms with E-state index >= 15 is 0 Å². The molecule has 0 radical (unpaired) electrons. The lowest BCUT2D eigenvalue weighted by atomic mass is 10.2. The molecule has 0 atom stereocenters. The summed E-state index contributed by atoms with van der Waals surface area (Å²) in [7, 11) is 0. The fraction of sp³-hybridized carbons (Fsp3) is 0.238. The van der Waals surface area contributed by atoms with Crippen molar-refractivity contribution >= 4 is 28.9 Å². The predicted octanol–water partition coefficient (Wildman–Crippen LogP) is 3.76. The molecule has 2 aliphatic heterocycles. The number of hydrogen-bond donors (Lipinski definition) is 0. The van der Waals surface area contributed by atoms with Crippen LogP contribution in [0.4, 0.5) is 4.39 Å². The molecule has 1 aromatic heterocycles. The second-order valence-corrected chi connectivity index (χ2v) is 7.61. The number of amidine groups is 1. The molecule has 0 aliphatic carbocycles. The third kappa shape index (κ3) is 4.61. The summed E-state index contributed by atoms with van der Waals surface area (Å²) in [6.07, 6.45) is 7.00.